The number of aryl methyl sites for hydroxylation is 1. The summed E-state index contributed by atoms with van der Waals surface area (Å²) < 4.78 is 30.9. The van der Waals surface area contributed by atoms with Crippen LogP contribution in [0.25, 0.3) is 0 Å². The Morgan fingerprint density at radius 2 is 1.86 bits per heavy atom. The highest BCUT2D eigenvalue weighted by molar-refractivity contribution is 14.1. The average Bonchev–Trinajstić information content (AvgIpc) is 3.81. The highest BCUT2D eigenvalue weighted by atomic mass is 127. The van der Waals surface area contributed by atoms with E-state index in [2.05, 4.69) is 57.1 Å². The molecule has 1 amide bonds. The molecule has 1 aliphatic rings. The van der Waals surface area contributed by atoms with Gasteiger partial charge < -0.3 is 10.2 Å². The minimum Gasteiger partial charge on any atom is -0.355 e. The summed E-state index contributed by atoms with van der Waals surface area (Å²) >= 11 is 2.25. The molecule has 1 aromatic heterocycles. The number of carbonyl (C=O) groups excluding carboxylic acids is 1. The molecule has 3 aromatic rings. The number of sulfonamides is 1. The molecule has 42 heavy (non-hydrogen) atoms. The molecule has 1 fully saturated rings. The van der Waals surface area contributed by atoms with Crippen LogP contribution in [0.15, 0.2) is 65.8 Å². The van der Waals surface area contributed by atoms with Crippen molar-refractivity contribution in [2.24, 2.45) is 5.92 Å². The van der Waals surface area contributed by atoms with Gasteiger partial charge in [-0.25, -0.2) is 13.9 Å². The van der Waals surface area contributed by atoms with Crippen molar-refractivity contribution in [1.29, 1.82) is 0 Å². The van der Waals surface area contributed by atoms with Gasteiger partial charge in [0.2, 0.25) is 10.0 Å². The minimum absolute atomic E-state index is 0.107. The van der Waals surface area contributed by atoms with Crippen LogP contribution in [0, 0.1) is 16.4 Å². The maximum Gasteiger partial charge on any atom is 0.276 e. The molecule has 9 nitrogen and oxygen atoms in total. The molecule has 1 saturated carbocycles. The Labute approximate surface area is 263 Å². The third-order valence-corrected chi connectivity index (χ3v) is 9.88. The smallest absolute Gasteiger partial charge is 0.276 e. The number of hydroxylamine groups is 1. The molecule has 0 atom stereocenters. The maximum atomic E-state index is 14.1. The number of rotatable bonds is 16. The fourth-order valence-electron chi connectivity index (χ4n) is 4.60. The van der Waals surface area contributed by atoms with Crippen LogP contribution < -0.4 is 10.8 Å². The number of hydrogen-bond acceptors (Lipinski definition) is 7. The molecule has 0 aliphatic heterocycles. The Balaban J connectivity index is 1.65. The van der Waals surface area contributed by atoms with Gasteiger partial charge in [-0.15, -0.1) is 0 Å². The molecule has 11 heteroatoms. The fraction of sp³-hybridized carbons (Fsp3) is 0.419. The number of aromatic nitrogens is 1. The molecule has 0 spiro atoms. The van der Waals surface area contributed by atoms with Crippen LogP contribution in [0.5, 0.6) is 0 Å². The van der Waals surface area contributed by atoms with Gasteiger partial charge in [0.05, 0.1) is 22.8 Å². The Hall–Kier alpha value is -2.58. The second-order valence-electron chi connectivity index (χ2n) is 10.6. The number of hydrogen-bond donors (Lipinski definition) is 2. The second-order valence-corrected chi connectivity index (χ2v) is 13.7. The molecule has 2 N–H and O–H groups in total. The SMILES string of the molecule is CCN(CC)CCCN(Cc1cccnc1)S(=O)(=O)c1ccc(C(=O)NOCC2CC2)c(Nc2ccc(I)cc2C)c1. The van der Waals surface area contributed by atoms with Crippen molar-refractivity contribution in [1.82, 2.24) is 19.7 Å². The van der Waals surface area contributed by atoms with Crippen LogP contribution >= 0.6 is 22.6 Å². The topological polar surface area (TPSA) is 104 Å². The Morgan fingerprint density at radius 3 is 2.52 bits per heavy atom. The van der Waals surface area contributed by atoms with Crippen LogP contribution in [0.1, 0.15) is 54.6 Å². The first-order valence-corrected chi connectivity index (χ1v) is 16.9. The van der Waals surface area contributed by atoms with Crippen molar-refractivity contribution in [3.05, 3.63) is 81.2 Å². The Kier molecular flexibility index (Phi) is 11.7. The summed E-state index contributed by atoms with van der Waals surface area (Å²) in [5.74, 6) is 0.0501. The molecule has 1 heterocycles. The monoisotopic (exact) mass is 705 g/mol. The predicted molar refractivity (Wildman–Crippen MR) is 174 cm³/mol. The molecule has 1 aliphatic carbocycles. The summed E-state index contributed by atoms with van der Waals surface area (Å²) in [5.41, 5.74) is 5.77. The van der Waals surface area contributed by atoms with E-state index >= 15 is 0 Å². The number of pyridine rings is 1. The quantitative estimate of drug-likeness (QED) is 0.145. The number of nitrogens with one attached hydrogen (secondary N) is 2. The lowest BCUT2D eigenvalue weighted by molar-refractivity contribution is 0.0271. The summed E-state index contributed by atoms with van der Waals surface area (Å²) in [6, 6.07) is 14.2. The van der Waals surface area contributed by atoms with Crippen molar-refractivity contribution in [2.75, 3.05) is 38.1 Å². The standard InChI is InChI=1S/C31H40IN5O4S/c1-4-36(5-2)16-7-17-37(21-25-8-6-15-33-20-25)42(39,40)27-12-13-28(31(38)35-41-22-24-9-10-24)30(19-27)34-29-14-11-26(32)18-23(29)3/h6,8,11-15,18-20,24,34H,4-5,7,9-10,16-17,21-22H2,1-3H3,(H,35,38). The average molecular weight is 706 g/mol. The van der Waals surface area contributed by atoms with Crippen LogP contribution in [0.3, 0.4) is 0 Å². The van der Waals surface area contributed by atoms with Crippen molar-refractivity contribution in [3.8, 4) is 0 Å². The number of amides is 1. The molecule has 0 radical (unpaired) electrons. The van der Waals surface area contributed by atoms with E-state index in [1.165, 1.54) is 10.4 Å². The molecule has 0 unspecified atom stereocenters. The van der Waals surface area contributed by atoms with E-state index in [1.807, 2.05) is 31.2 Å². The third-order valence-electron chi connectivity index (χ3n) is 7.37. The first-order valence-electron chi connectivity index (χ1n) is 14.4. The van der Waals surface area contributed by atoms with Crippen LogP contribution in [0.4, 0.5) is 11.4 Å². The summed E-state index contributed by atoms with van der Waals surface area (Å²) in [4.78, 5) is 25.1. The maximum absolute atomic E-state index is 14.1. The van der Waals surface area contributed by atoms with E-state index in [1.54, 1.807) is 30.6 Å². The van der Waals surface area contributed by atoms with Gasteiger partial charge >= 0.3 is 0 Å². The highest BCUT2D eigenvalue weighted by Crippen LogP contribution is 2.30. The summed E-state index contributed by atoms with van der Waals surface area (Å²) in [5, 5.41) is 3.32. The predicted octanol–water partition coefficient (Wildman–Crippen LogP) is 5.73. The van der Waals surface area contributed by atoms with Gasteiger partial charge in [-0.3, -0.25) is 14.6 Å². The largest absolute Gasteiger partial charge is 0.355 e. The van der Waals surface area contributed by atoms with E-state index < -0.39 is 15.9 Å². The first-order chi connectivity index (χ1) is 20.2. The van der Waals surface area contributed by atoms with Crippen molar-refractivity contribution in [3.63, 3.8) is 0 Å². The molecule has 0 bridgehead atoms. The van der Waals surface area contributed by atoms with Crippen LogP contribution in [-0.2, 0) is 21.4 Å². The lowest BCUT2D eigenvalue weighted by Crippen LogP contribution is -2.34. The van der Waals surface area contributed by atoms with Gasteiger partial charge in [-0.1, -0.05) is 19.9 Å². The van der Waals surface area contributed by atoms with Gasteiger partial charge in [0.1, 0.15) is 0 Å². The Bertz CT molecular complexity index is 1450. The number of anilines is 2. The van der Waals surface area contributed by atoms with Gasteiger partial charge in [-0.2, -0.15) is 4.31 Å². The zero-order chi connectivity index (χ0) is 30.1. The first kappa shape index (κ1) is 32.3. The Morgan fingerprint density at radius 1 is 1.07 bits per heavy atom. The summed E-state index contributed by atoms with van der Waals surface area (Å²) in [7, 11) is -3.92. The van der Waals surface area contributed by atoms with Crippen molar-refractivity contribution in [2.45, 2.75) is 51.5 Å². The van der Waals surface area contributed by atoms with Gasteiger partial charge in [0, 0.05) is 34.7 Å². The highest BCUT2D eigenvalue weighted by Gasteiger charge is 2.27. The third kappa shape index (κ3) is 8.96. The summed E-state index contributed by atoms with van der Waals surface area (Å²) in [6.07, 6.45) is 6.25. The van der Waals surface area contributed by atoms with E-state index in [0.717, 1.165) is 52.9 Å². The lowest BCUT2D eigenvalue weighted by Gasteiger charge is -2.25. The van der Waals surface area contributed by atoms with Crippen LogP contribution in [-0.4, -0.2) is 61.3 Å². The zero-order valence-corrected chi connectivity index (χ0v) is 27.4. The summed E-state index contributed by atoms with van der Waals surface area (Å²) in [6.45, 7) is 9.81. The number of halogens is 1. The fourth-order valence-corrected chi connectivity index (χ4v) is 6.74. The normalized spacial score (nSPS) is 13.5. The molecule has 0 saturated heterocycles. The molecule has 2 aromatic carbocycles. The molecule has 226 valence electrons. The lowest BCUT2D eigenvalue weighted by atomic mass is 10.1. The zero-order valence-electron chi connectivity index (χ0n) is 24.5. The number of benzene rings is 2. The van der Waals surface area contributed by atoms with Gasteiger partial charge in [0.15, 0.2) is 0 Å². The van der Waals surface area contributed by atoms with E-state index in [9.17, 15) is 13.2 Å². The van der Waals surface area contributed by atoms with Crippen LogP contribution in [0.2, 0.25) is 0 Å². The number of carbonyl (C=O) groups is 1. The number of nitrogens with zero attached hydrogens (tertiary/aromatic N) is 3. The minimum atomic E-state index is -3.92. The second kappa shape index (κ2) is 15.2. The van der Waals surface area contributed by atoms with Gasteiger partial charge in [-0.05, 0) is 128 Å². The molecular formula is C31H40IN5O4S. The van der Waals surface area contributed by atoms with Crippen molar-refractivity contribution >= 4 is 49.9 Å². The van der Waals surface area contributed by atoms with E-state index in [0.29, 0.717) is 36.7 Å². The van der Waals surface area contributed by atoms with Gasteiger partial charge in [0.25, 0.3) is 5.91 Å². The molecular weight excluding hydrogens is 665 g/mol. The van der Waals surface area contributed by atoms with E-state index in [-0.39, 0.29) is 11.4 Å². The molecule has 4 rings (SSSR count). The van der Waals surface area contributed by atoms with Crippen molar-refractivity contribution < 1.29 is 18.0 Å². The van der Waals surface area contributed by atoms with E-state index in [4.69, 9.17) is 4.84 Å².